The van der Waals surface area contributed by atoms with E-state index in [1.165, 1.54) is 0 Å². The highest BCUT2D eigenvalue weighted by atomic mass is 16.3. The van der Waals surface area contributed by atoms with Crippen LogP contribution in [0.5, 0.6) is 0 Å². The highest BCUT2D eigenvalue weighted by Crippen LogP contribution is 2.42. The first-order chi connectivity index (χ1) is 25.2. The van der Waals surface area contributed by atoms with E-state index in [1.807, 2.05) is 71.3 Å². The van der Waals surface area contributed by atoms with Gasteiger partial charge in [0.25, 0.3) is 0 Å². The first kappa shape index (κ1) is 15.8. The van der Waals surface area contributed by atoms with Crippen LogP contribution in [0.15, 0.2) is 108 Å². The Bertz CT molecular complexity index is 2540. The van der Waals surface area contributed by atoms with Gasteiger partial charge < -0.3 is 8.98 Å². The van der Waals surface area contributed by atoms with Crippen molar-refractivity contribution in [2.45, 2.75) is 53.1 Å². The molecule has 2 nitrogen and oxygen atoms in total. The third kappa shape index (κ3) is 4.16. The van der Waals surface area contributed by atoms with Gasteiger partial charge in [0.2, 0.25) is 0 Å². The van der Waals surface area contributed by atoms with Crippen LogP contribution in [0.25, 0.3) is 49.4 Å². The van der Waals surface area contributed by atoms with E-state index in [0.29, 0.717) is 60.9 Å². The van der Waals surface area contributed by atoms with Crippen LogP contribution in [0.3, 0.4) is 0 Å². The Hall–Kier alpha value is -4.30. The second kappa shape index (κ2) is 9.10. The second-order valence-corrected chi connectivity index (χ2v) is 11.9. The number of furan rings is 1. The molecule has 4 aliphatic carbocycles. The Kier molecular flexibility index (Phi) is 3.42. The van der Waals surface area contributed by atoms with Crippen molar-refractivity contribution in [2.24, 2.45) is 10.8 Å². The molecule has 4 bridgehead atoms. The van der Waals surface area contributed by atoms with E-state index < -0.39 is 38.2 Å². The molecule has 42 heavy (non-hydrogen) atoms. The third-order valence-electron chi connectivity index (χ3n) is 8.62. The van der Waals surface area contributed by atoms with Crippen molar-refractivity contribution in [3.8, 4) is 5.69 Å². The number of aromatic nitrogens is 1. The molecule has 0 atom stereocenters. The lowest BCUT2D eigenvalue weighted by Gasteiger charge is -2.29. The van der Waals surface area contributed by atoms with Gasteiger partial charge in [0.1, 0.15) is 11.2 Å². The van der Waals surface area contributed by atoms with Crippen molar-refractivity contribution in [1.29, 1.82) is 0 Å². The van der Waals surface area contributed by atoms with Crippen molar-refractivity contribution in [3.05, 3.63) is 125 Å². The first-order valence-corrected chi connectivity index (χ1v) is 14.3. The summed E-state index contributed by atoms with van der Waals surface area (Å²) in [5, 5.41) is 2.96. The molecule has 0 N–H and O–H groups in total. The van der Waals surface area contributed by atoms with Crippen molar-refractivity contribution in [2.75, 3.05) is 0 Å². The zero-order chi connectivity index (χ0) is 38.6. The van der Waals surface area contributed by atoms with Gasteiger partial charge in [0.05, 0.1) is 11.0 Å². The van der Waals surface area contributed by atoms with E-state index in [-0.39, 0.29) is 25.7 Å². The molecule has 0 spiro atoms. The molecule has 0 saturated carbocycles. The van der Waals surface area contributed by atoms with Crippen LogP contribution < -0.4 is 0 Å². The monoisotopic (exact) mass is 559 g/mol. The Balaban J connectivity index is 1.53. The molecule has 2 heterocycles. The predicted octanol–water partition coefficient (Wildman–Crippen LogP) is 10.6. The van der Waals surface area contributed by atoms with E-state index in [9.17, 15) is 0 Å². The van der Waals surface area contributed by atoms with Crippen molar-refractivity contribution in [3.63, 3.8) is 0 Å². The van der Waals surface area contributed by atoms with E-state index >= 15 is 0 Å². The van der Waals surface area contributed by atoms with E-state index in [1.54, 1.807) is 36.4 Å². The number of nitrogens with zero attached hydrogens (tertiary/aromatic N) is 1. The molecule has 2 heteroatoms. The number of hydrogen-bond acceptors (Lipinski definition) is 1. The fraction of sp³-hybridized carbons (Fsp3) is 0.250. The molecule has 11 rings (SSSR count). The molecule has 208 valence electrons. The van der Waals surface area contributed by atoms with Gasteiger partial charge >= 0.3 is 0 Å². The maximum atomic E-state index is 8.83. The predicted molar refractivity (Wildman–Crippen MR) is 177 cm³/mol. The number of para-hydroxylation sites is 2. The standard InChI is InChI=1S/C40H37NO/c1-39(2)22-26-13-15-27(16-14-26)23-40(3,4)25-29-18-17-28(24-39)37-32-10-5-7-11-34(32)41(38(29)37)30-19-20-36-33(21-30)31-9-6-8-12-35(31)42-36/h5-21H,22-25H2,1-4H3/i1D3,2D3,3D3,4D3. The molecule has 2 aromatic heterocycles. The van der Waals surface area contributed by atoms with Gasteiger partial charge in [-0.1, -0.05) is 100 Å². The van der Waals surface area contributed by atoms with Crippen LogP contribution in [0.4, 0.5) is 0 Å². The fourth-order valence-electron chi connectivity index (χ4n) is 6.89. The Morgan fingerprint density at radius 2 is 1.21 bits per heavy atom. The van der Waals surface area contributed by atoms with Crippen molar-refractivity contribution < 1.29 is 20.9 Å². The van der Waals surface area contributed by atoms with Gasteiger partial charge in [-0.2, -0.15) is 0 Å². The minimum Gasteiger partial charge on any atom is -0.456 e. The summed E-state index contributed by atoms with van der Waals surface area (Å²) in [5.74, 6) is 0. The molecule has 0 amide bonds. The topological polar surface area (TPSA) is 18.1 Å². The third-order valence-corrected chi connectivity index (χ3v) is 8.62. The van der Waals surface area contributed by atoms with Gasteiger partial charge in [0.15, 0.2) is 0 Å². The minimum atomic E-state index is -2.94. The smallest absolute Gasteiger partial charge is 0.135 e. The Morgan fingerprint density at radius 1 is 0.595 bits per heavy atom. The van der Waals surface area contributed by atoms with E-state index in [0.717, 1.165) is 10.8 Å². The van der Waals surface area contributed by atoms with Crippen LogP contribution >= 0.6 is 0 Å². The number of fused-ring (bicyclic) bond motifs is 4. The van der Waals surface area contributed by atoms with E-state index in [4.69, 9.17) is 20.9 Å². The lowest BCUT2D eigenvalue weighted by molar-refractivity contribution is 0.357. The molecule has 0 saturated heterocycles. The molecular weight excluding hydrogens is 510 g/mol. The first-order valence-electron chi connectivity index (χ1n) is 20.3. The molecule has 7 aromatic rings. The fourth-order valence-corrected chi connectivity index (χ4v) is 6.89. The maximum absolute atomic E-state index is 8.83. The second-order valence-electron chi connectivity index (χ2n) is 11.9. The summed E-state index contributed by atoms with van der Waals surface area (Å²) in [7, 11) is 0. The average molecular weight is 560 g/mol. The molecule has 0 unspecified atom stereocenters. The molecule has 0 radical (unpaired) electrons. The summed E-state index contributed by atoms with van der Waals surface area (Å²) < 4.78 is 114. The Morgan fingerprint density at radius 3 is 1.95 bits per heavy atom. The minimum absolute atomic E-state index is 0.323. The summed E-state index contributed by atoms with van der Waals surface area (Å²) in [5.41, 5.74) is 0.549. The SMILES string of the molecule is [2H]C([2H])([2H])C1(C([2H])([2H])[2H])Cc2ccc(cc2)CC(C([2H])([2H])[2H])(C([2H])([2H])[2H])Cc2ccc(c3c4ccccc4n(-c4ccc5oc6ccccc6c5c4)c23)C1. The zero-order valence-corrected chi connectivity index (χ0v) is 23.0. The maximum Gasteiger partial charge on any atom is 0.135 e. The van der Waals surface area contributed by atoms with Gasteiger partial charge in [-0.25, -0.2) is 0 Å². The molecule has 5 aromatic carbocycles. The van der Waals surface area contributed by atoms with E-state index in [2.05, 4.69) is 0 Å². The van der Waals surface area contributed by atoms with Crippen LogP contribution in [0.1, 0.15) is 66.1 Å². The summed E-state index contributed by atoms with van der Waals surface area (Å²) in [6, 6.07) is 30.5. The molecule has 0 aliphatic heterocycles. The van der Waals surface area contributed by atoms with Crippen LogP contribution in [-0.2, 0) is 25.7 Å². The number of rotatable bonds is 1. The van der Waals surface area contributed by atoms with Crippen LogP contribution in [-0.4, -0.2) is 4.57 Å². The molecule has 4 aliphatic rings. The lowest BCUT2D eigenvalue weighted by Crippen LogP contribution is -2.21. The van der Waals surface area contributed by atoms with Crippen molar-refractivity contribution in [1.82, 2.24) is 4.57 Å². The summed E-state index contributed by atoms with van der Waals surface area (Å²) >= 11 is 0. The normalized spacial score (nSPS) is 22.0. The number of hydrogen-bond donors (Lipinski definition) is 0. The van der Waals surface area contributed by atoms with Crippen LogP contribution in [0, 0.1) is 10.8 Å². The van der Waals surface area contributed by atoms with Gasteiger partial charge in [-0.3, -0.25) is 0 Å². The van der Waals surface area contributed by atoms with Gasteiger partial charge in [-0.15, -0.1) is 0 Å². The zero-order valence-electron chi connectivity index (χ0n) is 35.0. The van der Waals surface area contributed by atoms with Gasteiger partial charge in [0, 0.05) is 43.7 Å². The lowest BCUT2D eigenvalue weighted by atomic mass is 9.76. The summed E-state index contributed by atoms with van der Waals surface area (Å²) in [6.45, 7) is -11.7. The molecule has 0 fully saturated rings. The molecular formula is C40H37NO. The summed E-state index contributed by atoms with van der Waals surface area (Å²) in [4.78, 5) is 0. The van der Waals surface area contributed by atoms with Gasteiger partial charge in [-0.05, 0) is 89.1 Å². The summed E-state index contributed by atoms with van der Waals surface area (Å²) in [6.07, 6.45) is -1.40. The quantitative estimate of drug-likeness (QED) is 0.196. The highest BCUT2D eigenvalue weighted by Gasteiger charge is 2.28. The Labute approximate surface area is 264 Å². The highest BCUT2D eigenvalue weighted by molar-refractivity contribution is 6.13. The number of benzene rings is 5. The largest absolute Gasteiger partial charge is 0.456 e. The van der Waals surface area contributed by atoms with Crippen molar-refractivity contribution >= 4 is 43.7 Å². The van der Waals surface area contributed by atoms with Crippen LogP contribution in [0.2, 0.25) is 0 Å². The average Bonchev–Trinajstić information content (AvgIpc) is 3.63.